The molecule has 6 atom stereocenters. The van der Waals surface area contributed by atoms with Crippen LogP contribution in [0.5, 0.6) is 11.5 Å². The fourth-order valence-electron chi connectivity index (χ4n) is 8.58. The Hall–Kier alpha value is -4.41. The number of carbonyl (C=O) groups is 4. The fourth-order valence-corrected chi connectivity index (χ4v) is 9.03. The van der Waals surface area contributed by atoms with Gasteiger partial charge < -0.3 is 9.84 Å². The number of phenolic OH excluding ortho intramolecular Hbond substituents is 1. The third-order valence-electron chi connectivity index (χ3n) is 10.6. The highest BCUT2D eigenvalue weighted by Crippen LogP contribution is 2.64. The lowest BCUT2D eigenvalue weighted by atomic mass is 9.49. The van der Waals surface area contributed by atoms with Gasteiger partial charge in [-0.15, -0.1) is 0 Å². The Morgan fingerprint density at radius 1 is 0.939 bits per heavy atom. The first-order valence-corrected chi connectivity index (χ1v) is 16.8. The summed E-state index contributed by atoms with van der Waals surface area (Å²) in [6.07, 6.45) is 2.20. The van der Waals surface area contributed by atoms with Crippen LogP contribution in [0.25, 0.3) is 0 Å². The van der Waals surface area contributed by atoms with Crippen molar-refractivity contribution in [2.75, 3.05) is 12.5 Å². The molecule has 254 valence electrons. The number of phenols is 1. The van der Waals surface area contributed by atoms with Gasteiger partial charge in [-0.1, -0.05) is 53.1 Å². The number of carbonyl (C=O) groups excluding carboxylic acids is 4. The lowest BCUT2D eigenvalue weighted by Gasteiger charge is -2.50. The molecule has 4 aliphatic rings. The summed E-state index contributed by atoms with van der Waals surface area (Å²) in [7, 11) is 1.51. The predicted molar refractivity (Wildman–Crippen MR) is 180 cm³/mol. The molecule has 3 aromatic carbocycles. The van der Waals surface area contributed by atoms with Gasteiger partial charge in [0.05, 0.1) is 41.0 Å². The van der Waals surface area contributed by atoms with E-state index >= 15 is 9.18 Å². The zero-order valence-corrected chi connectivity index (χ0v) is 28.7. The fraction of sp³-hybridized carbons (Fsp3) is 0.351. The molecular weight excluding hydrogens is 672 g/mol. The summed E-state index contributed by atoms with van der Waals surface area (Å²) >= 11 is 12.6. The van der Waals surface area contributed by atoms with E-state index in [0.29, 0.717) is 27.5 Å². The molecule has 9 nitrogen and oxygen atoms in total. The van der Waals surface area contributed by atoms with E-state index < -0.39 is 63.9 Å². The Morgan fingerprint density at radius 3 is 2.29 bits per heavy atom. The van der Waals surface area contributed by atoms with Gasteiger partial charge in [-0.3, -0.25) is 29.5 Å². The van der Waals surface area contributed by atoms with Crippen LogP contribution in [0.1, 0.15) is 50.7 Å². The Morgan fingerprint density at radius 2 is 1.65 bits per heavy atom. The third-order valence-corrected chi connectivity index (χ3v) is 11.1. The molecule has 49 heavy (non-hydrogen) atoms. The zero-order valence-electron chi connectivity index (χ0n) is 27.2. The molecule has 4 amide bonds. The van der Waals surface area contributed by atoms with E-state index in [1.165, 1.54) is 36.3 Å². The number of imide groups is 2. The number of hydrogen-bond acceptors (Lipinski definition) is 7. The molecule has 2 saturated heterocycles. The number of aromatic hydroxyl groups is 1. The lowest BCUT2D eigenvalue weighted by Crippen LogP contribution is -2.53. The van der Waals surface area contributed by atoms with Gasteiger partial charge in [0, 0.05) is 16.5 Å². The van der Waals surface area contributed by atoms with Gasteiger partial charge in [-0.2, -0.15) is 5.01 Å². The predicted octanol–water partition coefficient (Wildman–Crippen LogP) is 6.63. The number of rotatable bonds is 5. The van der Waals surface area contributed by atoms with Crippen molar-refractivity contribution in [3.8, 4) is 11.5 Å². The molecule has 3 fully saturated rings. The summed E-state index contributed by atoms with van der Waals surface area (Å²) < 4.78 is 20.7. The van der Waals surface area contributed by atoms with Crippen molar-refractivity contribution in [2.45, 2.75) is 50.5 Å². The standard InChI is InChI=1S/C37H34Cl2FN3O6/c1-36(2,3)42-32(45)23-12-11-22-24(30(23)34(42)47)17-25-33(46)43(41-28-13-8-20(38)16-26(28)39)35(48)37(25,19-6-9-21(49-4)10-7-19)31(22)18-5-14-29(44)27(40)15-18/h5-11,13-16,23-25,30-31,41,44H,12,17H2,1-4H3. The maximum Gasteiger partial charge on any atom is 0.260 e. The Balaban J connectivity index is 1.47. The van der Waals surface area contributed by atoms with Crippen LogP contribution in [-0.2, 0) is 24.6 Å². The van der Waals surface area contributed by atoms with E-state index in [4.69, 9.17) is 27.9 Å². The number of ether oxygens (including phenoxy) is 1. The number of nitrogens with zero attached hydrogens (tertiary/aromatic N) is 2. The molecule has 3 aromatic rings. The molecular formula is C37H34Cl2FN3O6. The van der Waals surface area contributed by atoms with Crippen LogP contribution < -0.4 is 10.2 Å². The summed E-state index contributed by atoms with van der Waals surface area (Å²) in [5.74, 6) is -6.77. The maximum absolute atomic E-state index is 15.3. The number of anilines is 1. The van der Waals surface area contributed by atoms with Crippen molar-refractivity contribution < 1.29 is 33.4 Å². The molecule has 12 heteroatoms. The molecule has 0 bridgehead atoms. The largest absolute Gasteiger partial charge is 0.505 e. The minimum Gasteiger partial charge on any atom is -0.505 e. The van der Waals surface area contributed by atoms with Gasteiger partial charge in [0.1, 0.15) is 5.75 Å². The van der Waals surface area contributed by atoms with E-state index in [2.05, 4.69) is 5.43 Å². The first kappa shape index (κ1) is 33.1. The number of halogens is 3. The van der Waals surface area contributed by atoms with Gasteiger partial charge >= 0.3 is 0 Å². The first-order chi connectivity index (χ1) is 23.2. The number of allylic oxidation sites excluding steroid dienone is 2. The molecule has 2 aliphatic heterocycles. The Bertz CT molecular complexity index is 1960. The van der Waals surface area contributed by atoms with Crippen LogP contribution in [0.4, 0.5) is 10.1 Å². The van der Waals surface area contributed by atoms with Gasteiger partial charge in [-0.25, -0.2) is 4.39 Å². The summed E-state index contributed by atoms with van der Waals surface area (Å²) in [5.41, 5.74) is 2.27. The van der Waals surface area contributed by atoms with Crippen LogP contribution in [0.3, 0.4) is 0 Å². The smallest absolute Gasteiger partial charge is 0.260 e. The third kappa shape index (κ3) is 4.86. The second kappa shape index (κ2) is 11.6. The van der Waals surface area contributed by atoms with Crippen molar-refractivity contribution in [3.05, 3.63) is 99.3 Å². The number of amides is 4. The van der Waals surface area contributed by atoms with Crippen molar-refractivity contribution in [1.29, 1.82) is 0 Å². The van der Waals surface area contributed by atoms with Crippen LogP contribution in [0.2, 0.25) is 10.0 Å². The molecule has 2 N–H and O–H groups in total. The number of hydrazine groups is 1. The minimum absolute atomic E-state index is 0.0736. The summed E-state index contributed by atoms with van der Waals surface area (Å²) in [6.45, 7) is 5.41. The summed E-state index contributed by atoms with van der Waals surface area (Å²) in [4.78, 5) is 59.2. The quantitative estimate of drug-likeness (QED) is 0.226. The van der Waals surface area contributed by atoms with E-state index in [1.54, 1.807) is 57.2 Å². The highest BCUT2D eigenvalue weighted by Gasteiger charge is 2.70. The maximum atomic E-state index is 15.3. The molecule has 2 heterocycles. The van der Waals surface area contributed by atoms with Crippen molar-refractivity contribution in [2.24, 2.45) is 23.7 Å². The van der Waals surface area contributed by atoms with E-state index in [-0.39, 0.29) is 35.4 Å². The summed E-state index contributed by atoms with van der Waals surface area (Å²) in [6, 6.07) is 15.3. The number of methoxy groups -OCH3 is 1. The van der Waals surface area contributed by atoms with Gasteiger partial charge in [0.2, 0.25) is 11.8 Å². The lowest BCUT2D eigenvalue weighted by molar-refractivity contribution is -0.146. The highest BCUT2D eigenvalue weighted by atomic mass is 35.5. The normalized spacial score (nSPS) is 27.9. The van der Waals surface area contributed by atoms with Crippen LogP contribution in [0.15, 0.2) is 72.3 Å². The molecule has 6 unspecified atom stereocenters. The average molecular weight is 707 g/mol. The number of nitrogens with one attached hydrogen (secondary N) is 1. The topological polar surface area (TPSA) is 116 Å². The molecule has 2 aliphatic carbocycles. The Labute approximate surface area is 292 Å². The monoisotopic (exact) mass is 705 g/mol. The van der Waals surface area contributed by atoms with Crippen LogP contribution >= 0.6 is 23.2 Å². The van der Waals surface area contributed by atoms with E-state index in [1.807, 2.05) is 6.08 Å². The number of likely N-dealkylation sites (tertiary alicyclic amines) is 1. The highest BCUT2D eigenvalue weighted by molar-refractivity contribution is 6.36. The zero-order chi connectivity index (χ0) is 35.2. The van der Waals surface area contributed by atoms with Crippen molar-refractivity contribution in [3.63, 3.8) is 0 Å². The minimum atomic E-state index is -1.64. The number of benzene rings is 3. The van der Waals surface area contributed by atoms with Crippen molar-refractivity contribution >= 4 is 52.5 Å². The molecule has 1 saturated carbocycles. The molecule has 0 aromatic heterocycles. The van der Waals surface area contributed by atoms with E-state index in [0.717, 1.165) is 5.01 Å². The SMILES string of the molecule is COc1ccc(C23C(=O)N(Nc4ccc(Cl)cc4Cl)C(=O)C2CC2C(=CCC4C(=O)N(C(C)(C)C)C(=O)C42)C3c2ccc(O)c(F)c2)cc1. The summed E-state index contributed by atoms with van der Waals surface area (Å²) in [5, 5.41) is 11.7. The van der Waals surface area contributed by atoms with Crippen LogP contribution in [0, 0.1) is 29.5 Å². The molecule has 0 radical (unpaired) electrons. The second-order valence-electron chi connectivity index (χ2n) is 14.1. The average Bonchev–Trinajstić information content (AvgIpc) is 3.44. The van der Waals surface area contributed by atoms with E-state index in [9.17, 15) is 19.5 Å². The van der Waals surface area contributed by atoms with Gasteiger partial charge in [-0.05, 0) is 93.1 Å². The number of hydrogen-bond donors (Lipinski definition) is 2. The molecule has 0 spiro atoms. The van der Waals surface area contributed by atoms with Gasteiger partial charge in [0.25, 0.3) is 11.8 Å². The van der Waals surface area contributed by atoms with Crippen molar-refractivity contribution in [1.82, 2.24) is 9.91 Å². The molecule has 7 rings (SSSR count). The second-order valence-corrected chi connectivity index (χ2v) is 14.9. The first-order valence-electron chi connectivity index (χ1n) is 16.0. The Kier molecular flexibility index (Phi) is 7.83. The van der Waals surface area contributed by atoms with Gasteiger partial charge in [0.15, 0.2) is 11.6 Å². The number of fused-ring (bicyclic) bond motifs is 4. The van der Waals surface area contributed by atoms with Crippen LogP contribution in [-0.4, -0.2) is 51.3 Å².